The molecule has 0 unspecified atom stereocenters. The average molecular weight is 300 g/mol. The van der Waals surface area contributed by atoms with E-state index in [0.29, 0.717) is 12.8 Å². The van der Waals surface area contributed by atoms with Crippen LogP contribution in [-0.2, 0) is 23.8 Å². The third-order valence-corrected chi connectivity index (χ3v) is 5.40. The zero-order valence-electron chi connectivity index (χ0n) is 11.7. The van der Waals surface area contributed by atoms with Crippen LogP contribution in [0.15, 0.2) is 12.2 Å². The van der Waals surface area contributed by atoms with Crippen LogP contribution in [0.3, 0.4) is 0 Å². The minimum atomic E-state index is -3.60. The van der Waals surface area contributed by atoms with Gasteiger partial charge in [-0.25, -0.2) is 0 Å². The van der Waals surface area contributed by atoms with Gasteiger partial charge in [-0.3, -0.25) is 8.98 Å². The number of hydrogen-bond acceptors (Lipinski definition) is 5. The molecule has 4 bridgehead atoms. The molecule has 1 saturated carbocycles. The lowest BCUT2D eigenvalue weighted by molar-refractivity contribution is -0.181. The number of carbonyl (C=O) groups excluding carboxylic acids is 1. The van der Waals surface area contributed by atoms with Gasteiger partial charge in [-0.1, -0.05) is 25.5 Å². The van der Waals surface area contributed by atoms with Gasteiger partial charge in [0.2, 0.25) is 0 Å². The largest absolute Gasteiger partial charge is 0.365 e. The maximum Gasteiger partial charge on any atom is 0.264 e. The molecule has 2 aliphatic heterocycles. The lowest BCUT2D eigenvalue weighted by atomic mass is 9.60. The quantitative estimate of drug-likeness (QED) is 0.580. The number of carbonyl (C=O) groups is 1. The second-order valence-electron chi connectivity index (χ2n) is 6.01. The van der Waals surface area contributed by atoms with Crippen molar-refractivity contribution in [2.45, 2.75) is 50.9 Å². The SMILES string of the molecule is CC[C@H](OS(C)(=O)=O)[C@]12CCC[C@H](C1=O)[C@@H]1C=C[C@H]2O1. The van der Waals surface area contributed by atoms with Gasteiger partial charge in [0, 0.05) is 5.92 Å². The number of ketones is 1. The molecular weight excluding hydrogens is 280 g/mol. The van der Waals surface area contributed by atoms with Crippen molar-refractivity contribution in [3.05, 3.63) is 12.2 Å². The van der Waals surface area contributed by atoms with Crippen LogP contribution in [0.2, 0.25) is 0 Å². The van der Waals surface area contributed by atoms with E-state index in [2.05, 4.69) is 0 Å². The van der Waals surface area contributed by atoms with Crippen LogP contribution in [0.5, 0.6) is 0 Å². The van der Waals surface area contributed by atoms with Gasteiger partial charge in [0.05, 0.1) is 30.0 Å². The van der Waals surface area contributed by atoms with Gasteiger partial charge in [-0.05, 0) is 19.3 Å². The van der Waals surface area contributed by atoms with E-state index < -0.39 is 21.6 Å². The fourth-order valence-corrected chi connectivity index (χ4v) is 4.76. The summed E-state index contributed by atoms with van der Waals surface area (Å²) in [6.07, 6.45) is 6.64. The second-order valence-corrected chi connectivity index (χ2v) is 7.61. The molecule has 3 rings (SSSR count). The Morgan fingerprint density at radius 3 is 2.90 bits per heavy atom. The highest BCUT2D eigenvalue weighted by Crippen LogP contribution is 2.53. The van der Waals surface area contributed by atoms with Crippen molar-refractivity contribution in [1.29, 1.82) is 0 Å². The Bertz CT molecular complexity index is 552. The van der Waals surface area contributed by atoms with Crippen LogP contribution in [0.1, 0.15) is 32.6 Å². The fraction of sp³-hybridized carbons (Fsp3) is 0.786. The summed E-state index contributed by atoms with van der Waals surface area (Å²) in [5.74, 6) is -0.0125. The highest BCUT2D eigenvalue weighted by atomic mass is 32.2. The molecule has 0 aromatic heterocycles. The monoisotopic (exact) mass is 300 g/mol. The summed E-state index contributed by atoms with van der Waals surface area (Å²) >= 11 is 0. The van der Waals surface area contributed by atoms with Crippen LogP contribution in [0.25, 0.3) is 0 Å². The molecule has 1 saturated heterocycles. The first-order valence-electron chi connectivity index (χ1n) is 7.15. The van der Waals surface area contributed by atoms with E-state index in [1.807, 2.05) is 19.1 Å². The first-order valence-corrected chi connectivity index (χ1v) is 8.96. The third-order valence-electron chi connectivity index (χ3n) is 4.82. The Hall–Kier alpha value is -0.720. The standard InChI is InChI=1S/C14H20O5S/c1-3-11(19-20(2,16)17)14-8-4-5-9(13(14)15)10-6-7-12(14)18-10/h6-7,9-12H,3-5,8H2,1-2H3/t9-,10-,11-,12+,14-/m0/s1. The lowest BCUT2D eigenvalue weighted by Crippen LogP contribution is -2.61. The molecule has 2 heterocycles. The summed E-state index contributed by atoms with van der Waals surface area (Å²) in [7, 11) is -3.60. The molecule has 0 spiro atoms. The van der Waals surface area contributed by atoms with Crippen molar-refractivity contribution < 1.29 is 22.1 Å². The molecule has 0 amide bonds. The molecule has 3 aliphatic rings. The summed E-state index contributed by atoms with van der Waals surface area (Å²) in [6, 6.07) is 0. The van der Waals surface area contributed by atoms with Crippen molar-refractivity contribution in [2.75, 3.05) is 6.26 Å². The van der Waals surface area contributed by atoms with Crippen LogP contribution in [-0.4, -0.2) is 38.8 Å². The Balaban J connectivity index is 2.02. The predicted molar refractivity (Wildman–Crippen MR) is 72.6 cm³/mol. The minimum Gasteiger partial charge on any atom is -0.365 e. The Labute approximate surface area is 119 Å². The van der Waals surface area contributed by atoms with Crippen LogP contribution >= 0.6 is 0 Å². The number of rotatable bonds is 4. The van der Waals surface area contributed by atoms with E-state index >= 15 is 0 Å². The Morgan fingerprint density at radius 2 is 2.25 bits per heavy atom. The summed E-state index contributed by atoms with van der Waals surface area (Å²) in [6.45, 7) is 1.85. The van der Waals surface area contributed by atoms with Gasteiger partial charge in [-0.2, -0.15) is 8.42 Å². The van der Waals surface area contributed by atoms with Crippen molar-refractivity contribution in [3.63, 3.8) is 0 Å². The van der Waals surface area contributed by atoms with Crippen LogP contribution < -0.4 is 0 Å². The van der Waals surface area contributed by atoms with E-state index in [0.717, 1.165) is 19.1 Å². The van der Waals surface area contributed by atoms with Gasteiger partial charge in [0.25, 0.3) is 10.1 Å². The van der Waals surface area contributed by atoms with Crippen molar-refractivity contribution in [2.24, 2.45) is 11.3 Å². The Morgan fingerprint density at radius 1 is 1.50 bits per heavy atom. The van der Waals surface area contributed by atoms with Gasteiger partial charge in [0.15, 0.2) is 5.78 Å². The molecule has 5 atom stereocenters. The van der Waals surface area contributed by atoms with Gasteiger partial charge < -0.3 is 4.74 Å². The zero-order valence-corrected chi connectivity index (χ0v) is 12.6. The second kappa shape index (κ2) is 4.64. The molecule has 6 heteroatoms. The highest BCUT2D eigenvalue weighted by molar-refractivity contribution is 7.86. The van der Waals surface area contributed by atoms with Gasteiger partial charge >= 0.3 is 0 Å². The summed E-state index contributed by atoms with van der Waals surface area (Å²) < 4.78 is 34.2. The molecule has 0 N–H and O–H groups in total. The summed E-state index contributed by atoms with van der Waals surface area (Å²) in [5.41, 5.74) is -0.829. The number of ether oxygens (including phenoxy) is 1. The van der Waals surface area contributed by atoms with Gasteiger partial charge in [-0.15, -0.1) is 0 Å². The number of fused-ring (bicyclic) bond motifs is 6. The molecule has 20 heavy (non-hydrogen) atoms. The topological polar surface area (TPSA) is 69.7 Å². The normalized spacial score (nSPS) is 40.9. The summed E-state index contributed by atoms with van der Waals surface area (Å²) in [4.78, 5) is 12.9. The van der Waals surface area contributed by atoms with E-state index in [1.54, 1.807) is 0 Å². The zero-order chi connectivity index (χ0) is 14.5. The van der Waals surface area contributed by atoms with Crippen LogP contribution in [0.4, 0.5) is 0 Å². The van der Waals surface area contributed by atoms with Gasteiger partial charge in [0.1, 0.15) is 0 Å². The number of hydrogen-bond donors (Lipinski definition) is 0. The van der Waals surface area contributed by atoms with Crippen molar-refractivity contribution >= 4 is 15.9 Å². The van der Waals surface area contributed by atoms with Crippen molar-refractivity contribution in [1.82, 2.24) is 0 Å². The van der Waals surface area contributed by atoms with E-state index in [-0.39, 0.29) is 23.9 Å². The van der Waals surface area contributed by atoms with Crippen LogP contribution in [0, 0.1) is 11.3 Å². The fourth-order valence-electron chi connectivity index (χ4n) is 4.03. The maximum atomic E-state index is 12.9. The smallest absolute Gasteiger partial charge is 0.264 e. The predicted octanol–water partition coefficient (Wildman–Crippen LogP) is 1.43. The molecule has 0 radical (unpaired) electrons. The summed E-state index contributed by atoms with van der Waals surface area (Å²) in [5, 5.41) is 0. The van der Waals surface area contributed by atoms with Crippen molar-refractivity contribution in [3.8, 4) is 0 Å². The molecular formula is C14H20O5S. The molecule has 112 valence electrons. The highest BCUT2D eigenvalue weighted by Gasteiger charge is 2.62. The molecule has 2 fully saturated rings. The molecule has 0 aromatic carbocycles. The molecule has 5 nitrogen and oxygen atoms in total. The maximum absolute atomic E-state index is 12.9. The van der Waals surface area contributed by atoms with E-state index in [4.69, 9.17) is 8.92 Å². The van der Waals surface area contributed by atoms with E-state index in [9.17, 15) is 13.2 Å². The lowest BCUT2D eigenvalue weighted by Gasteiger charge is -2.50. The number of Topliss-reactive ketones (excluding diaryl/α,β-unsaturated/α-hetero) is 1. The first-order chi connectivity index (χ1) is 9.38. The van der Waals surface area contributed by atoms with E-state index in [1.165, 1.54) is 0 Å². The average Bonchev–Trinajstić information content (AvgIpc) is 2.82. The minimum absolute atomic E-state index is 0.128. The first kappa shape index (κ1) is 14.2. The molecule has 0 aromatic rings. The Kier molecular flexibility index (Phi) is 3.30. The molecule has 1 aliphatic carbocycles. The third kappa shape index (κ3) is 1.96.